The van der Waals surface area contributed by atoms with Crippen LogP contribution in [0, 0.1) is 5.92 Å². The van der Waals surface area contributed by atoms with E-state index in [2.05, 4.69) is 16.7 Å². The monoisotopic (exact) mass is 297 g/mol. The third-order valence-corrected chi connectivity index (χ3v) is 5.17. The topological polar surface area (TPSA) is 41.7 Å². The van der Waals surface area contributed by atoms with Crippen LogP contribution in [0.25, 0.3) is 0 Å². The Morgan fingerprint density at radius 2 is 1.95 bits per heavy atom. The Morgan fingerprint density at radius 1 is 1.14 bits per heavy atom. The molecule has 2 aliphatic rings. The van der Waals surface area contributed by atoms with Crippen LogP contribution < -0.4 is 5.73 Å². The van der Waals surface area contributed by atoms with E-state index >= 15 is 0 Å². The minimum atomic E-state index is 0.782. The molecule has 2 saturated heterocycles. The van der Waals surface area contributed by atoms with Crippen molar-refractivity contribution in [2.24, 2.45) is 11.7 Å². The van der Waals surface area contributed by atoms with Gasteiger partial charge in [-0.3, -0.25) is 4.90 Å². The standard InChI is InChI=1S/C17H35N3O/c1-2-4-16(6-8-18)5-3-9-19-10-7-17(15-19)20-11-13-21-14-12-20/h16-17H,2-15,18H2,1H3. The Hall–Kier alpha value is -0.160. The Bertz CT molecular complexity index is 263. The second-order valence-electron chi connectivity index (χ2n) is 6.77. The molecule has 0 aromatic carbocycles. The molecule has 4 heteroatoms. The maximum absolute atomic E-state index is 5.73. The Labute approximate surface area is 131 Å². The fourth-order valence-corrected chi connectivity index (χ4v) is 3.94. The highest BCUT2D eigenvalue weighted by Crippen LogP contribution is 2.20. The number of nitrogens with zero attached hydrogens (tertiary/aromatic N) is 2. The normalized spacial score (nSPS) is 26.3. The molecule has 0 aliphatic carbocycles. The largest absolute Gasteiger partial charge is 0.379 e. The van der Waals surface area contributed by atoms with Gasteiger partial charge in [0.15, 0.2) is 0 Å². The van der Waals surface area contributed by atoms with Gasteiger partial charge < -0.3 is 15.4 Å². The summed E-state index contributed by atoms with van der Waals surface area (Å²) < 4.78 is 5.46. The molecule has 2 rings (SSSR count). The molecule has 2 unspecified atom stereocenters. The first-order valence-corrected chi connectivity index (χ1v) is 9.07. The zero-order chi connectivity index (χ0) is 14.9. The van der Waals surface area contributed by atoms with E-state index in [0.29, 0.717) is 0 Å². The summed E-state index contributed by atoms with van der Waals surface area (Å²) in [4.78, 5) is 5.31. The van der Waals surface area contributed by atoms with E-state index in [-0.39, 0.29) is 0 Å². The minimum absolute atomic E-state index is 0.782. The van der Waals surface area contributed by atoms with Gasteiger partial charge in [-0.1, -0.05) is 19.8 Å². The van der Waals surface area contributed by atoms with Crippen LogP contribution in [0.2, 0.25) is 0 Å². The smallest absolute Gasteiger partial charge is 0.0594 e. The maximum Gasteiger partial charge on any atom is 0.0594 e. The number of hydrogen-bond donors (Lipinski definition) is 1. The SMILES string of the molecule is CCCC(CCN)CCCN1CCC(N2CCOCC2)C1. The van der Waals surface area contributed by atoms with Gasteiger partial charge in [-0.2, -0.15) is 0 Å². The highest BCUT2D eigenvalue weighted by molar-refractivity contribution is 4.84. The zero-order valence-electron chi connectivity index (χ0n) is 13.9. The fourth-order valence-electron chi connectivity index (χ4n) is 3.94. The molecule has 2 atom stereocenters. The number of nitrogens with two attached hydrogens (primary N) is 1. The highest BCUT2D eigenvalue weighted by Gasteiger charge is 2.28. The second kappa shape index (κ2) is 9.78. The molecule has 124 valence electrons. The molecule has 0 aromatic rings. The summed E-state index contributed by atoms with van der Waals surface area (Å²) in [7, 11) is 0. The predicted octanol–water partition coefficient (Wildman–Crippen LogP) is 1.94. The molecule has 21 heavy (non-hydrogen) atoms. The summed E-state index contributed by atoms with van der Waals surface area (Å²) in [6.45, 7) is 11.1. The summed E-state index contributed by atoms with van der Waals surface area (Å²) in [6.07, 6.45) is 7.93. The highest BCUT2D eigenvalue weighted by atomic mass is 16.5. The fraction of sp³-hybridized carbons (Fsp3) is 1.00. The van der Waals surface area contributed by atoms with Crippen molar-refractivity contribution in [1.29, 1.82) is 0 Å². The van der Waals surface area contributed by atoms with Crippen LogP contribution in [0.3, 0.4) is 0 Å². The van der Waals surface area contributed by atoms with Gasteiger partial charge in [0, 0.05) is 25.7 Å². The molecule has 2 fully saturated rings. The number of ether oxygens (including phenoxy) is 1. The van der Waals surface area contributed by atoms with Crippen molar-refractivity contribution in [3.05, 3.63) is 0 Å². The molecule has 2 heterocycles. The van der Waals surface area contributed by atoms with Crippen molar-refractivity contribution in [1.82, 2.24) is 9.80 Å². The van der Waals surface area contributed by atoms with Gasteiger partial charge in [-0.15, -0.1) is 0 Å². The van der Waals surface area contributed by atoms with Crippen LogP contribution in [0.1, 0.15) is 45.4 Å². The molecule has 0 aromatic heterocycles. The van der Waals surface area contributed by atoms with Gasteiger partial charge in [0.05, 0.1) is 13.2 Å². The average molecular weight is 297 g/mol. The average Bonchev–Trinajstić information content (AvgIpc) is 2.97. The zero-order valence-corrected chi connectivity index (χ0v) is 13.9. The van der Waals surface area contributed by atoms with Gasteiger partial charge in [-0.25, -0.2) is 0 Å². The first kappa shape index (κ1) is 17.2. The summed E-state index contributed by atoms with van der Waals surface area (Å²) >= 11 is 0. The summed E-state index contributed by atoms with van der Waals surface area (Å²) in [5.74, 6) is 0.859. The van der Waals surface area contributed by atoms with Crippen molar-refractivity contribution in [2.45, 2.75) is 51.5 Å². The summed E-state index contributed by atoms with van der Waals surface area (Å²) in [6, 6.07) is 0.782. The molecule has 4 nitrogen and oxygen atoms in total. The maximum atomic E-state index is 5.73. The quantitative estimate of drug-likeness (QED) is 0.706. The molecule has 0 amide bonds. The lowest BCUT2D eigenvalue weighted by Crippen LogP contribution is -2.44. The third-order valence-electron chi connectivity index (χ3n) is 5.17. The van der Waals surface area contributed by atoms with E-state index in [0.717, 1.165) is 44.8 Å². The Kier molecular flexibility index (Phi) is 8.01. The summed E-state index contributed by atoms with van der Waals surface area (Å²) in [5, 5.41) is 0. The van der Waals surface area contributed by atoms with Crippen molar-refractivity contribution < 1.29 is 4.74 Å². The van der Waals surface area contributed by atoms with E-state index in [1.807, 2.05) is 0 Å². The van der Waals surface area contributed by atoms with Gasteiger partial charge in [0.2, 0.25) is 0 Å². The lowest BCUT2D eigenvalue weighted by atomic mass is 9.94. The first-order valence-electron chi connectivity index (χ1n) is 9.07. The van der Waals surface area contributed by atoms with Crippen LogP contribution in [0.15, 0.2) is 0 Å². The molecule has 2 N–H and O–H groups in total. The molecule has 0 spiro atoms. The van der Waals surface area contributed by atoms with Gasteiger partial charge in [-0.05, 0) is 51.2 Å². The van der Waals surface area contributed by atoms with Crippen molar-refractivity contribution >= 4 is 0 Å². The van der Waals surface area contributed by atoms with Gasteiger partial charge >= 0.3 is 0 Å². The van der Waals surface area contributed by atoms with Crippen LogP contribution in [-0.4, -0.2) is 68.3 Å². The Balaban J connectivity index is 1.61. The van der Waals surface area contributed by atoms with Crippen molar-refractivity contribution in [2.75, 3.05) is 52.5 Å². The van der Waals surface area contributed by atoms with Gasteiger partial charge in [0.25, 0.3) is 0 Å². The Morgan fingerprint density at radius 3 is 2.67 bits per heavy atom. The molecule has 0 bridgehead atoms. The molecular formula is C17H35N3O. The minimum Gasteiger partial charge on any atom is -0.379 e. The number of morpholine rings is 1. The molecule has 0 saturated carbocycles. The lowest BCUT2D eigenvalue weighted by molar-refractivity contribution is 0.0185. The van der Waals surface area contributed by atoms with E-state index in [4.69, 9.17) is 10.5 Å². The lowest BCUT2D eigenvalue weighted by Gasteiger charge is -2.32. The number of rotatable bonds is 9. The van der Waals surface area contributed by atoms with E-state index in [1.54, 1.807) is 0 Å². The first-order chi connectivity index (χ1) is 10.3. The molecular weight excluding hydrogens is 262 g/mol. The van der Waals surface area contributed by atoms with Crippen LogP contribution in [0.5, 0.6) is 0 Å². The van der Waals surface area contributed by atoms with Crippen LogP contribution >= 0.6 is 0 Å². The van der Waals surface area contributed by atoms with Gasteiger partial charge in [0.1, 0.15) is 0 Å². The predicted molar refractivity (Wildman–Crippen MR) is 88.5 cm³/mol. The van der Waals surface area contributed by atoms with Crippen LogP contribution in [-0.2, 0) is 4.74 Å². The number of likely N-dealkylation sites (tertiary alicyclic amines) is 1. The van der Waals surface area contributed by atoms with E-state index in [1.165, 1.54) is 58.2 Å². The molecule has 0 radical (unpaired) electrons. The summed E-state index contributed by atoms with van der Waals surface area (Å²) in [5.41, 5.74) is 5.73. The third kappa shape index (κ3) is 5.85. The molecule has 2 aliphatic heterocycles. The van der Waals surface area contributed by atoms with Crippen molar-refractivity contribution in [3.63, 3.8) is 0 Å². The van der Waals surface area contributed by atoms with Crippen molar-refractivity contribution in [3.8, 4) is 0 Å². The van der Waals surface area contributed by atoms with E-state index in [9.17, 15) is 0 Å². The van der Waals surface area contributed by atoms with Crippen LogP contribution in [0.4, 0.5) is 0 Å². The second-order valence-corrected chi connectivity index (χ2v) is 6.77. The van der Waals surface area contributed by atoms with E-state index < -0.39 is 0 Å². The number of hydrogen-bond acceptors (Lipinski definition) is 4.